The molecule has 0 nitrogen and oxygen atoms in total. The van der Waals surface area contributed by atoms with Gasteiger partial charge in [-0.2, -0.15) is 0 Å². The molecule has 124 valence electrons. The summed E-state index contributed by atoms with van der Waals surface area (Å²) in [5.41, 5.74) is 3.41. The van der Waals surface area contributed by atoms with E-state index in [1.165, 1.54) is 31.2 Å². The van der Waals surface area contributed by atoms with Gasteiger partial charge in [-0.25, -0.2) is 4.39 Å². The standard InChI is InChI=1S/C22H22ClF/c1-15-3-9-18(10-4-15)19-12-6-17(7-13-19)8-14-20-11-5-16(2)22(24)21(20)23/h5-7,11-13,15,18H,3-4,9-10H2,1-2H3. The summed E-state index contributed by atoms with van der Waals surface area (Å²) in [5.74, 6) is 7.23. The van der Waals surface area contributed by atoms with E-state index in [9.17, 15) is 4.39 Å². The summed E-state index contributed by atoms with van der Waals surface area (Å²) >= 11 is 6.03. The van der Waals surface area contributed by atoms with Crippen LogP contribution in [0.2, 0.25) is 5.02 Å². The molecule has 0 amide bonds. The van der Waals surface area contributed by atoms with E-state index < -0.39 is 0 Å². The van der Waals surface area contributed by atoms with E-state index in [2.05, 4.69) is 43.0 Å². The van der Waals surface area contributed by atoms with Crippen molar-refractivity contribution in [2.75, 3.05) is 0 Å². The summed E-state index contributed by atoms with van der Waals surface area (Å²) < 4.78 is 13.8. The van der Waals surface area contributed by atoms with Crippen LogP contribution in [0.4, 0.5) is 4.39 Å². The molecule has 24 heavy (non-hydrogen) atoms. The monoisotopic (exact) mass is 340 g/mol. The van der Waals surface area contributed by atoms with Crippen LogP contribution in [-0.2, 0) is 0 Å². The van der Waals surface area contributed by atoms with Gasteiger partial charge >= 0.3 is 0 Å². The second-order valence-electron chi connectivity index (χ2n) is 6.89. The molecule has 0 N–H and O–H groups in total. The van der Waals surface area contributed by atoms with E-state index in [4.69, 9.17) is 11.6 Å². The van der Waals surface area contributed by atoms with E-state index in [1.807, 2.05) is 0 Å². The Bertz CT molecular complexity index is 772. The first kappa shape index (κ1) is 17.1. The van der Waals surface area contributed by atoms with Crippen molar-refractivity contribution in [1.29, 1.82) is 0 Å². The highest BCUT2D eigenvalue weighted by molar-refractivity contribution is 6.32. The third-order valence-electron chi connectivity index (χ3n) is 5.01. The lowest BCUT2D eigenvalue weighted by atomic mass is 9.79. The number of hydrogen-bond donors (Lipinski definition) is 0. The topological polar surface area (TPSA) is 0 Å². The van der Waals surface area contributed by atoms with Crippen LogP contribution in [0.1, 0.15) is 60.8 Å². The summed E-state index contributed by atoms with van der Waals surface area (Å²) in [6, 6.07) is 11.9. The Morgan fingerprint density at radius 3 is 2.29 bits per heavy atom. The fourth-order valence-corrected chi connectivity index (χ4v) is 3.57. The predicted molar refractivity (Wildman–Crippen MR) is 98.9 cm³/mol. The molecule has 0 saturated heterocycles. The number of halogens is 2. The highest BCUT2D eigenvalue weighted by Gasteiger charge is 2.19. The lowest BCUT2D eigenvalue weighted by Crippen LogP contribution is -2.10. The van der Waals surface area contributed by atoms with Crippen molar-refractivity contribution in [3.63, 3.8) is 0 Å². The smallest absolute Gasteiger partial charge is 0.145 e. The van der Waals surface area contributed by atoms with Crippen molar-refractivity contribution in [3.8, 4) is 11.8 Å². The lowest BCUT2D eigenvalue weighted by molar-refractivity contribution is 0.348. The van der Waals surface area contributed by atoms with Gasteiger partial charge in [-0.3, -0.25) is 0 Å². The van der Waals surface area contributed by atoms with Gasteiger partial charge in [0.1, 0.15) is 5.82 Å². The maximum absolute atomic E-state index is 13.8. The van der Waals surface area contributed by atoms with Crippen molar-refractivity contribution in [3.05, 3.63) is 69.5 Å². The minimum Gasteiger partial charge on any atom is -0.205 e. The third-order valence-corrected chi connectivity index (χ3v) is 5.38. The second kappa shape index (κ2) is 7.41. The van der Waals surface area contributed by atoms with E-state index in [-0.39, 0.29) is 10.8 Å². The van der Waals surface area contributed by atoms with Crippen LogP contribution in [-0.4, -0.2) is 0 Å². The molecule has 0 aliphatic heterocycles. The van der Waals surface area contributed by atoms with Crippen LogP contribution in [0.3, 0.4) is 0 Å². The summed E-state index contributed by atoms with van der Waals surface area (Å²) in [4.78, 5) is 0. The van der Waals surface area contributed by atoms with Crippen LogP contribution in [0.15, 0.2) is 36.4 Å². The summed E-state index contributed by atoms with van der Waals surface area (Å²) in [6.45, 7) is 4.04. The van der Waals surface area contributed by atoms with Crippen molar-refractivity contribution >= 4 is 11.6 Å². The van der Waals surface area contributed by atoms with E-state index in [0.717, 1.165) is 11.5 Å². The first-order valence-electron chi connectivity index (χ1n) is 8.61. The van der Waals surface area contributed by atoms with Gasteiger partial charge in [0, 0.05) is 11.1 Å². The molecule has 2 heteroatoms. The Labute approximate surface area is 149 Å². The fraction of sp³-hybridized carbons (Fsp3) is 0.364. The van der Waals surface area contributed by atoms with Crippen molar-refractivity contribution in [1.82, 2.24) is 0 Å². The molecule has 1 saturated carbocycles. The molecule has 1 aliphatic rings. The van der Waals surface area contributed by atoms with Gasteiger partial charge in [0.25, 0.3) is 0 Å². The van der Waals surface area contributed by atoms with E-state index >= 15 is 0 Å². The van der Waals surface area contributed by atoms with Gasteiger partial charge in [0.15, 0.2) is 0 Å². The van der Waals surface area contributed by atoms with Gasteiger partial charge in [0.2, 0.25) is 0 Å². The largest absolute Gasteiger partial charge is 0.205 e. The summed E-state index contributed by atoms with van der Waals surface area (Å²) in [7, 11) is 0. The van der Waals surface area contributed by atoms with Crippen LogP contribution >= 0.6 is 11.6 Å². The molecule has 0 radical (unpaired) electrons. The molecule has 0 unspecified atom stereocenters. The zero-order chi connectivity index (χ0) is 17.1. The molecular formula is C22H22ClF. The highest BCUT2D eigenvalue weighted by Crippen LogP contribution is 2.35. The SMILES string of the molecule is Cc1ccc(C#Cc2ccc(C3CCC(C)CC3)cc2)c(Cl)c1F. The molecule has 2 aromatic rings. The maximum atomic E-state index is 13.8. The van der Waals surface area contributed by atoms with Crippen LogP contribution in [0.5, 0.6) is 0 Å². The minimum absolute atomic E-state index is 0.107. The van der Waals surface area contributed by atoms with E-state index in [0.29, 0.717) is 17.0 Å². The summed E-state index contributed by atoms with van der Waals surface area (Å²) in [6.07, 6.45) is 5.21. The zero-order valence-electron chi connectivity index (χ0n) is 14.2. The molecule has 3 rings (SSSR count). The number of hydrogen-bond acceptors (Lipinski definition) is 0. The van der Waals surface area contributed by atoms with Gasteiger partial charge in [-0.15, -0.1) is 0 Å². The predicted octanol–water partition coefficient (Wildman–Crippen LogP) is 6.48. The first-order valence-corrected chi connectivity index (χ1v) is 8.99. The lowest BCUT2D eigenvalue weighted by Gasteiger charge is -2.26. The summed E-state index contributed by atoms with van der Waals surface area (Å²) in [5, 5.41) is 0.107. The first-order chi connectivity index (χ1) is 11.5. The fourth-order valence-electron chi connectivity index (χ4n) is 3.31. The highest BCUT2D eigenvalue weighted by atomic mass is 35.5. The van der Waals surface area contributed by atoms with Crippen LogP contribution < -0.4 is 0 Å². The quantitative estimate of drug-likeness (QED) is 0.521. The molecule has 0 bridgehead atoms. The number of benzene rings is 2. The molecule has 2 aromatic carbocycles. The Balaban J connectivity index is 1.75. The maximum Gasteiger partial charge on any atom is 0.145 e. The van der Waals surface area contributed by atoms with Crippen molar-refractivity contribution < 1.29 is 4.39 Å². The normalized spacial score (nSPS) is 20.3. The Morgan fingerprint density at radius 1 is 0.958 bits per heavy atom. The molecule has 0 heterocycles. The van der Waals surface area contributed by atoms with Gasteiger partial charge in [-0.05, 0) is 60.9 Å². The molecule has 1 fully saturated rings. The second-order valence-corrected chi connectivity index (χ2v) is 7.26. The van der Waals surface area contributed by atoms with Crippen molar-refractivity contribution in [2.45, 2.75) is 45.4 Å². The zero-order valence-corrected chi connectivity index (χ0v) is 15.0. The minimum atomic E-state index is -0.384. The molecular weight excluding hydrogens is 319 g/mol. The van der Waals surface area contributed by atoms with Crippen molar-refractivity contribution in [2.24, 2.45) is 5.92 Å². The van der Waals surface area contributed by atoms with Gasteiger partial charge < -0.3 is 0 Å². The molecule has 0 spiro atoms. The van der Waals surface area contributed by atoms with Crippen LogP contribution in [0.25, 0.3) is 0 Å². The van der Waals surface area contributed by atoms with E-state index in [1.54, 1.807) is 19.1 Å². The third kappa shape index (κ3) is 3.82. The average molecular weight is 341 g/mol. The molecule has 1 aliphatic carbocycles. The Hall–Kier alpha value is -1.78. The number of rotatable bonds is 1. The molecule has 0 atom stereocenters. The Kier molecular flexibility index (Phi) is 5.27. The number of aryl methyl sites for hydroxylation is 1. The van der Waals surface area contributed by atoms with Crippen LogP contribution in [0, 0.1) is 30.5 Å². The van der Waals surface area contributed by atoms with Gasteiger partial charge in [0.05, 0.1) is 5.02 Å². The average Bonchev–Trinajstić information content (AvgIpc) is 2.60. The molecule has 0 aromatic heterocycles. The van der Waals surface area contributed by atoms with Gasteiger partial charge in [-0.1, -0.05) is 61.4 Å². The Morgan fingerprint density at radius 2 is 1.62 bits per heavy atom.